The van der Waals surface area contributed by atoms with Crippen molar-refractivity contribution in [3.8, 4) is 0 Å². The Hall–Kier alpha value is -0.120. The fraction of sp³-hybridized carbons (Fsp3) is 1.00. The molecule has 1 unspecified atom stereocenters. The van der Waals surface area contributed by atoms with E-state index in [1.807, 2.05) is 0 Å². The Morgan fingerprint density at radius 2 is 1.74 bits per heavy atom. The van der Waals surface area contributed by atoms with Crippen LogP contribution < -0.4 is 5.73 Å². The van der Waals surface area contributed by atoms with Crippen LogP contribution in [0.15, 0.2) is 0 Å². The first kappa shape index (κ1) is 13.8. The highest BCUT2D eigenvalue weighted by Crippen LogP contribution is 2.43. The Balaban J connectivity index is 1.48. The largest absolute Gasteiger partial charge is 0.376 e. The smallest absolute Gasteiger partial charge is 0.0707 e. The second-order valence-corrected chi connectivity index (χ2v) is 7.09. The standard InChI is InChI=1S/C16H29NO2/c17-15(7-3-1-2-4-8-15)13-18-14-6-11-19-16(12-14)9-5-10-16/h14H,1-13,17H2. The van der Waals surface area contributed by atoms with Crippen LogP contribution >= 0.6 is 0 Å². The lowest BCUT2D eigenvalue weighted by atomic mass is 9.74. The second kappa shape index (κ2) is 5.71. The molecule has 2 saturated carbocycles. The number of ether oxygens (including phenoxy) is 2. The molecule has 2 aliphatic carbocycles. The fourth-order valence-electron chi connectivity index (χ4n) is 3.91. The monoisotopic (exact) mass is 267 g/mol. The summed E-state index contributed by atoms with van der Waals surface area (Å²) in [5.41, 5.74) is 6.67. The van der Waals surface area contributed by atoms with Gasteiger partial charge in [0.2, 0.25) is 0 Å². The van der Waals surface area contributed by atoms with Gasteiger partial charge in [-0.25, -0.2) is 0 Å². The molecule has 1 heterocycles. The molecule has 3 heteroatoms. The first-order chi connectivity index (χ1) is 9.20. The zero-order valence-electron chi connectivity index (χ0n) is 12.2. The molecular formula is C16H29NO2. The van der Waals surface area contributed by atoms with Gasteiger partial charge < -0.3 is 15.2 Å². The van der Waals surface area contributed by atoms with E-state index in [4.69, 9.17) is 15.2 Å². The highest BCUT2D eigenvalue weighted by atomic mass is 16.5. The average Bonchev–Trinajstić information content (AvgIpc) is 2.61. The van der Waals surface area contributed by atoms with Crippen LogP contribution in [-0.4, -0.2) is 30.5 Å². The quantitative estimate of drug-likeness (QED) is 0.799. The second-order valence-electron chi connectivity index (χ2n) is 7.09. The Morgan fingerprint density at radius 3 is 2.37 bits per heavy atom. The molecule has 19 heavy (non-hydrogen) atoms. The van der Waals surface area contributed by atoms with Gasteiger partial charge in [-0.15, -0.1) is 0 Å². The molecule has 0 radical (unpaired) electrons. The molecule has 3 fully saturated rings. The van der Waals surface area contributed by atoms with Crippen LogP contribution in [0, 0.1) is 0 Å². The lowest BCUT2D eigenvalue weighted by molar-refractivity contribution is -0.172. The first-order valence-corrected chi connectivity index (χ1v) is 8.24. The number of rotatable bonds is 3. The minimum absolute atomic E-state index is 0.0540. The summed E-state index contributed by atoms with van der Waals surface area (Å²) in [6.07, 6.45) is 13.9. The van der Waals surface area contributed by atoms with Gasteiger partial charge in [0, 0.05) is 18.6 Å². The summed E-state index contributed by atoms with van der Waals surface area (Å²) in [4.78, 5) is 0. The molecule has 0 aromatic carbocycles. The number of hydrogen-bond donors (Lipinski definition) is 1. The molecule has 2 N–H and O–H groups in total. The Kier molecular flexibility index (Phi) is 4.16. The molecule has 3 rings (SSSR count). The van der Waals surface area contributed by atoms with E-state index in [9.17, 15) is 0 Å². The van der Waals surface area contributed by atoms with E-state index in [2.05, 4.69) is 0 Å². The van der Waals surface area contributed by atoms with Crippen LogP contribution in [0.5, 0.6) is 0 Å². The van der Waals surface area contributed by atoms with E-state index in [-0.39, 0.29) is 11.1 Å². The number of nitrogens with two attached hydrogens (primary N) is 1. The molecule has 0 bridgehead atoms. The topological polar surface area (TPSA) is 44.5 Å². The molecular weight excluding hydrogens is 238 g/mol. The summed E-state index contributed by atoms with van der Waals surface area (Å²) in [5.74, 6) is 0. The normalized spacial score (nSPS) is 33.6. The summed E-state index contributed by atoms with van der Waals surface area (Å²) in [6, 6.07) is 0. The maximum atomic E-state index is 6.53. The predicted molar refractivity (Wildman–Crippen MR) is 76.1 cm³/mol. The van der Waals surface area contributed by atoms with Crippen molar-refractivity contribution in [2.45, 2.75) is 87.9 Å². The van der Waals surface area contributed by atoms with E-state index >= 15 is 0 Å². The zero-order valence-corrected chi connectivity index (χ0v) is 12.2. The third kappa shape index (κ3) is 3.32. The van der Waals surface area contributed by atoms with Gasteiger partial charge in [0.25, 0.3) is 0 Å². The first-order valence-electron chi connectivity index (χ1n) is 8.24. The van der Waals surface area contributed by atoms with Gasteiger partial charge in [-0.1, -0.05) is 25.7 Å². The third-order valence-corrected chi connectivity index (χ3v) is 5.42. The summed E-state index contributed by atoms with van der Waals surface area (Å²) in [5, 5.41) is 0. The van der Waals surface area contributed by atoms with Gasteiger partial charge in [0.05, 0.1) is 18.3 Å². The predicted octanol–water partition coefficient (Wildman–Crippen LogP) is 3.16. The molecule has 1 aliphatic heterocycles. The van der Waals surface area contributed by atoms with Crippen LogP contribution in [-0.2, 0) is 9.47 Å². The Morgan fingerprint density at radius 1 is 1.00 bits per heavy atom. The van der Waals surface area contributed by atoms with Crippen molar-refractivity contribution in [3.05, 3.63) is 0 Å². The summed E-state index contributed by atoms with van der Waals surface area (Å²) < 4.78 is 12.2. The van der Waals surface area contributed by atoms with Crippen LogP contribution in [0.3, 0.4) is 0 Å². The number of hydrogen-bond acceptors (Lipinski definition) is 3. The highest BCUT2D eigenvalue weighted by molar-refractivity contribution is 4.95. The van der Waals surface area contributed by atoms with E-state index in [1.54, 1.807) is 0 Å². The Labute approximate surface area is 117 Å². The van der Waals surface area contributed by atoms with E-state index in [0.717, 1.165) is 38.9 Å². The van der Waals surface area contributed by atoms with Crippen molar-refractivity contribution < 1.29 is 9.47 Å². The van der Waals surface area contributed by atoms with Crippen molar-refractivity contribution in [1.29, 1.82) is 0 Å². The van der Waals surface area contributed by atoms with Crippen LogP contribution in [0.4, 0.5) is 0 Å². The van der Waals surface area contributed by atoms with Crippen LogP contribution in [0.2, 0.25) is 0 Å². The van der Waals surface area contributed by atoms with Gasteiger partial charge in [-0.3, -0.25) is 0 Å². The van der Waals surface area contributed by atoms with Crippen molar-refractivity contribution in [2.75, 3.05) is 13.2 Å². The lowest BCUT2D eigenvalue weighted by Crippen LogP contribution is -2.50. The maximum Gasteiger partial charge on any atom is 0.0707 e. The fourth-order valence-corrected chi connectivity index (χ4v) is 3.91. The molecule has 3 aliphatic rings. The van der Waals surface area contributed by atoms with Gasteiger partial charge >= 0.3 is 0 Å². The third-order valence-electron chi connectivity index (χ3n) is 5.42. The summed E-state index contributed by atoms with van der Waals surface area (Å²) in [7, 11) is 0. The van der Waals surface area contributed by atoms with Crippen molar-refractivity contribution in [3.63, 3.8) is 0 Å². The molecule has 1 atom stereocenters. The molecule has 0 aromatic rings. The molecule has 1 saturated heterocycles. The highest BCUT2D eigenvalue weighted by Gasteiger charge is 2.43. The van der Waals surface area contributed by atoms with E-state index in [1.165, 1.54) is 44.9 Å². The van der Waals surface area contributed by atoms with Gasteiger partial charge in [-0.2, -0.15) is 0 Å². The maximum absolute atomic E-state index is 6.53. The van der Waals surface area contributed by atoms with E-state index in [0.29, 0.717) is 6.10 Å². The molecule has 0 amide bonds. The zero-order chi connectivity index (χ0) is 13.2. The molecule has 3 nitrogen and oxygen atoms in total. The van der Waals surface area contributed by atoms with Crippen molar-refractivity contribution in [2.24, 2.45) is 5.73 Å². The lowest BCUT2D eigenvalue weighted by Gasteiger charge is -2.47. The average molecular weight is 267 g/mol. The van der Waals surface area contributed by atoms with E-state index < -0.39 is 0 Å². The minimum atomic E-state index is -0.0540. The van der Waals surface area contributed by atoms with Crippen LogP contribution in [0.1, 0.15) is 70.6 Å². The molecule has 1 spiro atoms. The SMILES string of the molecule is NC1(COC2CCOC3(CCC3)C2)CCCCCC1. The van der Waals surface area contributed by atoms with Gasteiger partial charge in [0.15, 0.2) is 0 Å². The minimum Gasteiger partial charge on any atom is -0.376 e. The van der Waals surface area contributed by atoms with Crippen molar-refractivity contribution >= 4 is 0 Å². The van der Waals surface area contributed by atoms with Crippen LogP contribution in [0.25, 0.3) is 0 Å². The van der Waals surface area contributed by atoms with Gasteiger partial charge in [0.1, 0.15) is 0 Å². The summed E-state index contributed by atoms with van der Waals surface area (Å²) >= 11 is 0. The Bertz CT molecular complexity index is 293. The van der Waals surface area contributed by atoms with Gasteiger partial charge in [-0.05, 0) is 38.5 Å². The molecule has 110 valence electrons. The molecule has 0 aromatic heterocycles. The van der Waals surface area contributed by atoms with Crippen molar-refractivity contribution in [1.82, 2.24) is 0 Å². The summed E-state index contributed by atoms with van der Waals surface area (Å²) in [6.45, 7) is 1.63.